The predicted molar refractivity (Wildman–Crippen MR) is 77.0 cm³/mol. The minimum atomic E-state index is -4.87. The molecule has 1 aromatic rings. The van der Waals surface area contributed by atoms with Crippen molar-refractivity contribution in [3.05, 3.63) is 24.3 Å². The molecule has 0 spiro atoms. The number of anilines is 1. The molecule has 0 aliphatic carbocycles. The van der Waals surface area contributed by atoms with E-state index in [4.69, 9.17) is 4.74 Å². The van der Waals surface area contributed by atoms with Crippen LogP contribution >= 0.6 is 0 Å². The first-order valence-electron chi connectivity index (χ1n) is 7.13. The average Bonchev–Trinajstić information content (AvgIpc) is 2.54. The van der Waals surface area contributed by atoms with Gasteiger partial charge in [0.15, 0.2) is 0 Å². The molecule has 0 unspecified atom stereocenters. The summed E-state index contributed by atoms with van der Waals surface area (Å²) in [7, 11) is 1.48. The maximum absolute atomic E-state index is 12.4. The molecule has 2 amide bonds. The highest BCUT2D eigenvalue weighted by molar-refractivity contribution is 5.94. The molecule has 1 aliphatic rings. The molecule has 1 N–H and O–H groups in total. The molecule has 23 heavy (non-hydrogen) atoms. The van der Waals surface area contributed by atoms with Crippen LogP contribution in [0.5, 0.6) is 5.75 Å². The molecule has 2 rings (SSSR count). The van der Waals surface area contributed by atoms with Crippen molar-refractivity contribution in [2.24, 2.45) is 5.92 Å². The summed E-state index contributed by atoms with van der Waals surface area (Å²) < 4.78 is 42.3. The van der Waals surface area contributed by atoms with Gasteiger partial charge in [-0.25, -0.2) is 0 Å². The van der Waals surface area contributed by atoms with Gasteiger partial charge >= 0.3 is 12.1 Å². The normalized spacial score (nSPS) is 16.1. The van der Waals surface area contributed by atoms with Crippen LogP contribution in [0.3, 0.4) is 0 Å². The Balaban J connectivity index is 1.92. The molecule has 126 valence electrons. The molecule has 0 aromatic heterocycles. The number of nitrogens with zero attached hydrogens (tertiary/aromatic N) is 1. The van der Waals surface area contributed by atoms with E-state index in [2.05, 4.69) is 5.32 Å². The topological polar surface area (TPSA) is 58.6 Å². The molecule has 5 nitrogen and oxygen atoms in total. The lowest BCUT2D eigenvalue weighted by Gasteiger charge is -2.31. The molecule has 8 heteroatoms. The Morgan fingerprint density at radius 3 is 2.39 bits per heavy atom. The van der Waals surface area contributed by atoms with E-state index in [1.165, 1.54) is 7.11 Å². The molecule has 1 aliphatic heterocycles. The minimum absolute atomic E-state index is 0.0810. The number of nitrogens with one attached hydrogen (secondary N) is 1. The molecule has 1 aromatic carbocycles. The van der Waals surface area contributed by atoms with Crippen molar-refractivity contribution in [3.63, 3.8) is 0 Å². The van der Waals surface area contributed by atoms with Gasteiger partial charge in [-0.15, -0.1) is 0 Å². The Bertz CT molecular complexity index is 582. The number of piperidine rings is 1. The fourth-order valence-electron chi connectivity index (χ4n) is 2.51. The van der Waals surface area contributed by atoms with Crippen molar-refractivity contribution >= 4 is 17.5 Å². The molecule has 0 atom stereocenters. The van der Waals surface area contributed by atoms with E-state index in [9.17, 15) is 22.8 Å². The van der Waals surface area contributed by atoms with E-state index in [0.29, 0.717) is 11.4 Å². The lowest BCUT2D eigenvalue weighted by atomic mass is 9.95. The van der Waals surface area contributed by atoms with E-state index in [1.54, 1.807) is 24.3 Å². The van der Waals surface area contributed by atoms with Gasteiger partial charge in [-0.05, 0) is 25.0 Å². The number of likely N-dealkylation sites (tertiary alicyclic amines) is 1. The maximum Gasteiger partial charge on any atom is 0.471 e. The van der Waals surface area contributed by atoms with E-state index >= 15 is 0 Å². The highest BCUT2D eigenvalue weighted by atomic mass is 19.4. The summed E-state index contributed by atoms with van der Waals surface area (Å²) in [5, 5.41) is 2.72. The zero-order valence-electron chi connectivity index (χ0n) is 12.5. The van der Waals surface area contributed by atoms with Gasteiger partial charge in [0, 0.05) is 19.0 Å². The zero-order chi connectivity index (χ0) is 17.0. The van der Waals surface area contributed by atoms with Gasteiger partial charge in [0.05, 0.1) is 12.8 Å². The highest BCUT2D eigenvalue weighted by Gasteiger charge is 2.43. The number of halogens is 3. The smallest absolute Gasteiger partial charge is 0.471 e. The van der Waals surface area contributed by atoms with Gasteiger partial charge < -0.3 is 15.0 Å². The fraction of sp³-hybridized carbons (Fsp3) is 0.467. The lowest BCUT2D eigenvalue weighted by Crippen LogP contribution is -2.46. The van der Waals surface area contributed by atoms with Gasteiger partial charge in [0.1, 0.15) is 5.75 Å². The van der Waals surface area contributed by atoms with Crippen molar-refractivity contribution in [1.82, 2.24) is 4.90 Å². The van der Waals surface area contributed by atoms with Crippen LogP contribution in [-0.2, 0) is 9.59 Å². The summed E-state index contributed by atoms with van der Waals surface area (Å²) in [5.74, 6) is -2.06. The number of carbonyl (C=O) groups excluding carboxylic acids is 2. The van der Waals surface area contributed by atoms with Crippen LogP contribution < -0.4 is 10.1 Å². The van der Waals surface area contributed by atoms with Crippen LogP contribution in [0.2, 0.25) is 0 Å². The van der Waals surface area contributed by atoms with Crippen LogP contribution in [-0.4, -0.2) is 43.1 Å². The van der Waals surface area contributed by atoms with Crippen molar-refractivity contribution in [3.8, 4) is 5.75 Å². The van der Waals surface area contributed by atoms with E-state index < -0.39 is 18.0 Å². The third kappa shape index (κ3) is 4.14. The molecule has 1 heterocycles. The maximum atomic E-state index is 12.4. The summed E-state index contributed by atoms with van der Waals surface area (Å²) in [6.45, 7) is -0.162. The Morgan fingerprint density at radius 1 is 1.22 bits per heavy atom. The number of alkyl halides is 3. The summed E-state index contributed by atoms with van der Waals surface area (Å²) in [6, 6.07) is 6.87. The molecular formula is C15H17F3N2O3. The second kappa shape index (κ2) is 6.89. The molecule has 0 radical (unpaired) electrons. The summed E-state index contributed by atoms with van der Waals surface area (Å²) in [5.41, 5.74) is 0.508. The Hall–Kier alpha value is -2.25. The van der Waals surface area contributed by atoms with Gasteiger partial charge in [-0.3, -0.25) is 9.59 Å². The summed E-state index contributed by atoms with van der Waals surface area (Å²) in [6.07, 6.45) is -4.47. The number of carbonyl (C=O) groups is 2. The van der Waals surface area contributed by atoms with Crippen LogP contribution in [0.1, 0.15) is 12.8 Å². The first-order valence-corrected chi connectivity index (χ1v) is 7.13. The summed E-state index contributed by atoms with van der Waals surface area (Å²) >= 11 is 0. The standard InChI is InChI=1S/C15H17F3N2O3/c1-23-12-5-3-2-4-11(12)19-13(21)10-6-8-20(9-7-10)14(22)15(16,17)18/h2-5,10H,6-9H2,1H3,(H,19,21). The molecule has 1 fully saturated rings. The van der Waals surface area contributed by atoms with E-state index in [0.717, 1.165) is 4.90 Å². The second-order valence-electron chi connectivity index (χ2n) is 5.25. The van der Waals surface area contributed by atoms with E-state index in [1.807, 2.05) is 0 Å². The molecule has 1 saturated heterocycles. The number of rotatable bonds is 3. The number of hydrogen-bond acceptors (Lipinski definition) is 3. The minimum Gasteiger partial charge on any atom is -0.495 e. The number of methoxy groups -OCH3 is 1. The molecular weight excluding hydrogens is 313 g/mol. The number of para-hydroxylation sites is 2. The zero-order valence-corrected chi connectivity index (χ0v) is 12.5. The SMILES string of the molecule is COc1ccccc1NC(=O)C1CCN(C(=O)C(F)(F)F)CC1. The van der Waals surface area contributed by atoms with Gasteiger partial charge in [0.2, 0.25) is 5.91 Å². The molecule has 0 bridgehead atoms. The number of amides is 2. The van der Waals surface area contributed by atoms with Gasteiger partial charge in [-0.1, -0.05) is 12.1 Å². The summed E-state index contributed by atoms with van der Waals surface area (Å²) in [4.78, 5) is 24.1. The molecule has 0 saturated carbocycles. The third-order valence-corrected chi connectivity index (χ3v) is 3.76. The monoisotopic (exact) mass is 330 g/mol. The van der Waals surface area contributed by atoms with Crippen LogP contribution in [0.25, 0.3) is 0 Å². The number of benzene rings is 1. The van der Waals surface area contributed by atoms with Crippen molar-refractivity contribution < 1.29 is 27.5 Å². The average molecular weight is 330 g/mol. The third-order valence-electron chi connectivity index (χ3n) is 3.76. The Kier molecular flexibility index (Phi) is 5.12. The van der Waals surface area contributed by atoms with Crippen LogP contribution in [0.15, 0.2) is 24.3 Å². The van der Waals surface area contributed by atoms with Crippen LogP contribution in [0, 0.1) is 5.92 Å². The highest BCUT2D eigenvalue weighted by Crippen LogP contribution is 2.27. The van der Waals surface area contributed by atoms with Gasteiger partial charge in [0.25, 0.3) is 0 Å². The van der Waals surface area contributed by atoms with Crippen LogP contribution in [0.4, 0.5) is 18.9 Å². The lowest BCUT2D eigenvalue weighted by molar-refractivity contribution is -0.186. The number of ether oxygens (including phenoxy) is 1. The van der Waals surface area contributed by atoms with Gasteiger partial charge in [-0.2, -0.15) is 13.2 Å². The number of hydrogen-bond donors (Lipinski definition) is 1. The van der Waals surface area contributed by atoms with Crippen molar-refractivity contribution in [2.45, 2.75) is 19.0 Å². The van der Waals surface area contributed by atoms with Crippen molar-refractivity contribution in [2.75, 3.05) is 25.5 Å². The Labute approximate surface area is 131 Å². The largest absolute Gasteiger partial charge is 0.495 e. The Morgan fingerprint density at radius 2 is 1.83 bits per heavy atom. The van der Waals surface area contributed by atoms with Crippen molar-refractivity contribution in [1.29, 1.82) is 0 Å². The van der Waals surface area contributed by atoms with E-state index in [-0.39, 0.29) is 31.8 Å². The first kappa shape index (κ1) is 17.1. The predicted octanol–water partition coefficient (Wildman–Crippen LogP) is 2.43. The second-order valence-corrected chi connectivity index (χ2v) is 5.25. The first-order chi connectivity index (χ1) is 10.8. The quantitative estimate of drug-likeness (QED) is 0.926. The fourth-order valence-corrected chi connectivity index (χ4v) is 2.51.